The molecule has 0 saturated carbocycles. The Morgan fingerprint density at radius 3 is 1.80 bits per heavy atom. The topological polar surface area (TPSA) is 12.5 Å². The van der Waals surface area contributed by atoms with E-state index in [1.807, 2.05) is 0 Å². The van der Waals surface area contributed by atoms with Crippen LogP contribution in [-0.2, 0) is 30.9 Å². The summed E-state index contributed by atoms with van der Waals surface area (Å²) in [6, 6.07) is 29.9. The van der Waals surface area contributed by atoms with Gasteiger partial charge in [0.25, 0.3) is 0 Å². The number of fused-ring (bicyclic) bond motifs is 1. The van der Waals surface area contributed by atoms with E-state index in [4.69, 9.17) is 4.74 Å². The lowest BCUT2D eigenvalue weighted by atomic mass is 10.0. The van der Waals surface area contributed by atoms with E-state index in [0.29, 0.717) is 6.61 Å². The number of hydrogen-bond acceptors (Lipinski definition) is 2. The Balaban J connectivity index is 1.57. The molecular formula is C23H23NO. The lowest BCUT2D eigenvalue weighted by Crippen LogP contribution is -2.40. The van der Waals surface area contributed by atoms with E-state index in [-0.39, 0.29) is 6.23 Å². The quantitative estimate of drug-likeness (QED) is 0.667. The van der Waals surface area contributed by atoms with Crippen LogP contribution in [0.4, 0.5) is 0 Å². The molecule has 126 valence electrons. The summed E-state index contributed by atoms with van der Waals surface area (Å²) in [4.78, 5) is 2.45. The molecule has 1 aliphatic heterocycles. The summed E-state index contributed by atoms with van der Waals surface area (Å²) in [6.45, 7) is 2.48. The molecule has 1 aliphatic rings. The van der Waals surface area contributed by atoms with Crippen molar-refractivity contribution in [3.63, 3.8) is 0 Å². The highest BCUT2D eigenvalue weighted by Gasteiger charge is 2.25. The van der Waals surface area contributed by atoms with E-state index < -0.39 is 0 Å². The average molecular weight is 329 g/mol. The van der Waals surface area contributed by atoms with Crippen LogP contribution in [0.15, 0.2) is 84.9 Å². The third-order valence-electron chi connectivity index (χ3n) is 4.81. The molecule has 4 rings (SSSR count). The predicted molar refractivity (Wildman–Crippen MR) is 101 cm³/mol. The minimum absolute atomic E-state index is 0.107. The first-order chi connectivity index (χ1) is 12.4. The van der Waals surface area contributed by atoms with Gasteiger partial charge in [-0.3, -0.25) is 4.90 Å². The highest BCUT2D eigenvalue weighted by molar-refractivity contribution is 5.28. The normalized spacial score (nSPS) is 16.6. The lowest BCUT2D eigenvalue weighted by Gasteiger charge is -2.35. The predicted octanol–water partition coefficient (Wildman–Crippen LogP) is 4.79. The second-order valence-electron chi connectivity index (χ2n) is 6.61. The first-order valence-corrected chi connectivity index (χ1v) is 8.89. The van der Waals surface area contributed by atoms with Crippen molar-refractivity contribution in [2.24, 2.45) is 0 Å². The summed E-state index contributed by atoms with van der Waals surface area (Å²) in [5.74, 6) is 0. The SMILES string of the molecule is c1ccc(CN(Cc2ccccc2)[C@@H]2Cc3ccccc3CO2)cc1. The van der Waals surface area contributed by atoms with Crippen molar-refractivity contribution in [3.05, 3.63) is 107 Å². The molecule has 0 spiro atoms. The summed E-state index contributed by atoms with van der Waals surface area (Å²) >= 11 is 0. The Labute approximate surface area is 149 Å². The van der Waals surface area contributed by atoms with Gasteiger partial charge in [-0.15, -0.1) is 0 Å². The number of rotatable bonds is 5. The molecule has 2 heteroatoms. The van der Waals surface area contributed by atoms with Crippen molar-refractivity contribution < 1.29 is 4.74 Å². The molecule has 0 fully saturated rings. The molecule has 0 N–H and O–H groups in total. The minimum atomic E-state index is 0.107. The zero-order chi connectivity index (χ0) is 16.9. The highest BCUT2D eigenvalue weighted by Crippen LogP contribution is 2.25. The van der Waals surface area contributed by atoms with E-state index in [0.717, 1.165) is 19.5 Å². The fourth-order valence-corrected chi connectivity index (χ4v) is 3.46. The number of hydrogen-bond donors (Lipinski definition) is 0. The second kappa shape index (κ2) is 7.64. The molecule has 0 bridgehead atoms. The molecule has 0 saturated heterocycles. The van der Waals surface area contributed by atoms with E-state index in [1.165, 1.54) is 22.3 Å². The fourth-order valence-electron chi connectivity index (χ4n) is 3.46. The van der Waals surface area contributed by atoms with E-state index >= 15 is 0 Å². The molecule has 0 amide bonds. The van der Waals surface area contributed by atoms with Crippen molar-refractivity contribution in [1.29, 1.82) is 0 Å². The number of ether oxygens (including phenoxy) is 1. The minimum Gasteiger partial charge on any atom is -0.358 e. The van der Waals surface area contributed by atoms with Crippen molar-refractivity contribution in [3.8, 4) is 0 Å². The van der Waals surface area contributed by atoms with Crippen LogP contribution in [0.25, 0.3) is 0 Å². The van der Waals surface area contributed by atoms with Crippen LogP contribution in [0.1, 0.15) is 22.3 Å². The van der Waals surface area contributed by atoms with Crippen LogP contribution >= 0.6 is 0 Å². The summed E-state index contributed by atoms with van der Waals surface area (Å²) in [6.07, 6.45) is 1.05. The third-order valence-corrected chi connectivity index (χ3v) is 4.81. The van der Waals surface area contributed by atoms with E-state index in [2.05, 4.69) is 89.8 Å². The van der Waals surface area contributed by atoms with Crippen LogP contribution in [0.3, 0.4) is 0 Å². The molecule has 3 aromatic carbocycles. The maximum Gasteiger partial charge on any atom is 0.115 e. The Bertz CT molecular complexity index is 759. The molecule has 2 nitrogen and oxygen atoms in total. The van der Waals surface area contributed by atoms with Gasteiger partial charge in [0, 0.05) is 19.5 Å². The van der Waals surface area contributed by atoms with Crippen LogP contribution < -0.4 is 0 Å². The molecule has 3 aromatic rings. The fraction of sp³-hybridized carbons (Fsp3) is 0.217. The van der Waals surface area contributed by atoms with Gasteiger partial charge >= 0.3 is 0 Å². The van der Waals surface area contributed by atoms with Gasteiger partial charge in [0.05, 0.1) is 6.61 Å². The Morgan fingerprint density at radius 1 is 0.680 bits per heavy atom. The first kappa shape index (κ1) is 16.1. The Morgan fingerprint density at radius 2 is 1.20 bits per heavy atom. The molecule has 0 radical (unpaired) electrons. The van der Waals surface area contributed by atoms with E-state index in [9.17, 15) is 0 Å². The summed E-state index contributed by atoms with van der Waals surface area (Å²) in [5.41, 5.74) is 5.37. The van der Waals surface area contributed by atoms with Gasteiger partial charge in [-0.2, -0.15) is 0 Å². The van der Waals surface area contributed by atoms with Gasteiger partial charge in [-0.05, 0) is 22.3 Å². The zero-order valence-corrected chi connectivity index (χ0v) is 14.3. The average Bonchev–Trinajstić information content (AvgIpc) is 2.69. The van der Waals surface area contributed by atoms with Crippen molar-refractivity contribution in [2.75, 3.05) is 0 Å². The maximum absolute atomic E-state index is 6.24. The van der Waals surface area contributed by atoms with Crippen molar-refractivity contribution in [2.45, 2.75) is 32.3 Å². The summed E-state index contributed by atoms with van der Waals surface area (Å²) in [7, 11) is 0. The van der Waals surface area contributed by atoms with Crippen LogP contribution in [0.2, 0.25) is 0 Å². The molecule has 1 atom stereocenters. The maximum atomic E-state index is 6.24. The Hall–Kier alpha value is -2.42. The molecule has 0 unspecified atom stereocenters. The molecule has 0 aliphatic carbocycles. The molecule has 1 heterocycles. The summed E-state index contributed by atoms with van der Waals surface area (Å²) < 4.78 is 6.24. The van der Waals surface area contributed by atoms with Crippen LogP contribution in [-0.4, -0.2) is 11.1 Å². The lowest BCUT2D eigenvalue weighted by molar-refractivity contribution is -0.0854. The number of nitrogens with zero attached hydrogens (tertiary/aromatic N) is 1. The van der Waals surface area contributed by atoms with Crippen LogP contribution in [0, 0.1) is 0 Å². The van der Waals surface area contributed by atoms with Crippen molar-refractivity contribution in [1.82, 2.24) is 4.90 Å². The standard InChI is InChI=1S/C23H23NO/c1-3-9-19(10-4-1)16-24(17-20-11-5-2-6-12-20)23-15-21-13-7-8-14-22(21)18-25-23/h1-14,23H,15-18H2/t23-/m0/s1. The Kier molecular flexibility index (Phi) is 4.91. The monoisotopic (exact) mass is 329 g/mol. The first-order valence-electron chi connectivity index (χ1n) is 8.89. The smallest absolute Gasteiger partial charge is 0.115 e. The van der Waals surface area contributed by atoms with Gasteiger partial charge < -0.3 is 4.74 Å². The highest BCUT2D eigenvalue weighted by atomic mass is 16.5. The van der Waals surface area contributed by atoms with Crippen LogP contribution in [0.5, 0.6) is 0 Å². The van der Waals surface area contributed by atoms with E-state index in [1.54, 1.807) is 0 Å². The van der Waals surface area contributed by atoms with Crippen molar-refractivity contribution >= 4 is 0 Å². The second-order valence-corrected chi connectivity index (χ2v) is 6.61. The van der Waals surface area contributed by atoms with Gasteiger partial charge in [-0.1, -0.05) is 84.9 Å². The molecule has 25 heavy (non-hydrogen) atoms. The molecular weight excluding hydrogens is 306 g/mol. The van der Waals surface area contributed by atoms with Gasteiger partial charge in [0.2, 0.25) is 0 Å². The summed E-state index contributed by atoms with van der Waals surface area (Å²) in [5, 5.41) is 0. The molecule has 0 aromatic heterocycles. The largest absolute Gasteiger partial charge is 0.358 e. The van der Waals surface area contributed by atoms with Gasteiger partial charge in [-0.25, -0.2) is 0 Å². The van der Waals surface area contributed by atoms with Gasteiger partial charge in [0.15, 0.2) is 0 Å². The number of benzene rings is 3. The third kappa shape index (κ3) is 3.98. The van der Waals surface area contributed by atoms with Gasteiger partial charge in [0.1, 0.15) is 6.23 Å². The zero-order valence-electron chi connectivity index (χ0n) is 14.3.